The number of aliphatic hydroxyl groups is 1. The molecule has 6 aromatic rings. The van der Waals surface area contributed by atoms with Crippen molar-refractivity contribution in [2.24, 2.45) is 7.05 Å². The molecule has 2 aliphatic heterocycles. The number of ether oxygens (including phenoxy) is 2. The molecule has 1 unspecified atom stereocenters. The summed E-state index contributed by atoms with van der Waals surface area (Å²) in [5.74, 6) is -0.0318. The van der Waals surface area contributed by atoms with Crippen LogP contribution in [0.2, 0.25) is 0 Å². The van der Waals surface area contributed by atoms with Gasteiger partial charge in [-0.25, -0.2) is 31.5 Å². The lowest BCUT2D eigenvalue weighted by Crippen LogP contribution is -2.62. The molecule has 5 heterocycles. The second kappa shape index (κ2) is 17.2. The summed E-state index contributed by atoms with van der Waals surface area (Å²) in [5, 5.41) is 12.5. The molecular formula is C50H58FN7O7S. The molecule has 1 amide bonds. The van der Waals surface area contributed by atoms with E-state index in [1.165, 1.54) is 35.0 Å². The van der Waals surface area contributed by atoms with Gasteiger partial charge >= 0.3 is 6.09 Å². The van der Waals surface area contributed by atoms with Gasteiger partial charge in [-0.2, -0.15) is 0 Å². The number of piperazine rings is 1. The topological polar surface area (TPSA) is 152 Å². The first-order valence-electron chi connectivity index (χ1n) is 22.8. The van der Waals surface area contributed by atoms with Crippen molar-refractivity contribution in [1.82, 2.24) is 28.3 Å². The van der Waals surface area contributed by atoms with Gasteiger partial charge in [0, 0.05) is 80.1 Å². The van der Waals surface area contributed by atoms with E-state index in [-0.39, 0.29) is 40.7 Å². The minimum absolute atomic E-state index is 0.00111. The zero-order valence-electron chi connectivity index (χ0n) is 38.6. The quantitative estimate of drug-likeness (QED) is 0.147. The molecule has 3 aromatic heterocycles. The molecule has 0 bridgehead atoms. The summed E-state index contributed by atoms with van der Waals surface area (Å²) in [6.45, 7) is 13.8. The second-order valence-electron chi connectivity index (χ2n) is 19.3. The standard InChI is InChI=1S/C50H58FN7O7S/c1-31-11-16-39(17-12-31)66(62,63)58-24-21-40-42(29-54(7)46(60)44(40)58)34-13-18-43-41(25-34)45(50(30-59,64-38-14-15-38)35-9-8-10-36(51)26-35)53-47(52-43)55-22-19-37(20-23-55)56-27-33(3)57(28-32(56)2)48(61)65-49(4,5)6/h8-13,16-18,21,24-26,29,32-33,37-38,59H,14-15,19-20,22-23,27-28,30H2,1-7H3/t32-,33+,50?/m0/s1. The van der Waals surface area contributed by atoms with E-state index in [9.17, 15) is 23.1 Å². The number of carbonyl (C=O) groups excluding carboxylic acids is 1. The Bertz CT molecular complexity index is 2990. The molecule has 3 atom stereocenters. The summed E-state index contributed by atoms with van der Waals surface area (Å²) < 4.78 is 58.2. The summed E-state index contributed by atoms with van der Waals surface area (Å²) >= 11 is 0. The van der Waals surface area contributed by atoms with Gasteiger partial charge < -0.3 is 28.9 Å². The highest BCUT2D eigenvalue weighted by atomic mass is 32.2. The molecule has 1 aliphatic carbocycles. The maximum atomic E-state index is 15.2. The number of rotatable bonds is 10. The Kier molecular flexibility index (Phi) is 11.8. The van der Waals surface area contributed by atoms with Gasteiger partial charge in [-0.15, -0.1) is 0 Å². The third-order valence-electron chi connectivity index (χ3n) is 13.2. The van der Waals surface area contributed by atoms with Crippen LogP contribution < -0.4 is 10.5 Å². The molecule has 66 heavy (non-hydrogen) atoms. The van der Waals surface area contributed by atoms with Crippen molar-refractivity contribution in [1.29, 1.82) is 0 Å². The smallest absolute Gasteiger partial charge is 0.410 e. The molecule has 2 saturated heterocycles. The van der Waals surface area contributed by atoms with Gasteiger partial charge in [0.25, 0.3) is 15.6 Å². The van der Waals surface area contributed by atoms with Crippen LogP contribution in [0.4, 0.5) is 15.1 Å². The minimum atomic E-state index is -4.14. The van der Waals surface area contributed by atoms with E-state index in [0.29, 0.717) is 64.3 Å². The average molecular weight is 920 g/mol. The minimum Gasteiger partial charge on any atom is -0.444 e. The average Bonchev–Trinajstić information content (AvgIpc) is 3.99. The van der Waals surface area contributed by atoms with Crippen molar-refractivity contribution in [2.45, 2.75) is 108 Å². The Morgan fingerprint density at radius 3 is 2.30 bits per heavy atom. The highest BCUT2D eigenvalue weighted by Crippen LogP contribution is 2.44. The van der Waals surface area contributed by atoms with Gasteiger partial charge in [-0.1, -0.05) is 35.9 Å². The van der Waals surface area contributed by atoms with Gasteiger partial charge in [0.1, 0.15) is 16.9 Å². The molecule has 1 saturated carbocycles. The van der Waals surface area contributed by atoms with Gasteiger partial charge in [0.2, 0.25) is 5.95 Å². The number of aromatic nitrogens is 4. The predicted octanol–water partition coefficient (Wildman–Crippen LogP) is 7.35. The van der Waals surface area contributed by atoms with Crippen LogP contribution in [0.15, 0.2) is 94.9 Å². The molecule has 3 aromatic carbocycles. The maximum Gasteiger partial charge on any atom is 0.410 e. The largest absolute Gasteiger partial charge is 0.444 e. The maximum absolute atomic E-state index is 15.2. The van der Waals surface area contributed by atoms with E-state index in [2.05, 4.69) is 23.6 Å². The SMILES string of the molecule is Cc1ccc(S(=O)(=O)n2ccc3c(-c4ccc5nc(N6CCC(N7C[C@@H](C)N(C(=O)OC(C)(C)C)C[C@@H]7C)CC6)nc(C(CO)(OC6CC6)c6cccc(F)c6)c5c4)cn(C)c(=O)c32)cc1. The summed E-state index contributed by atoms with van der Waals surface area (Å²) in [4.78, 5) is 43.9. The normalized spacial score (nSPS) is 20.0. The zero-order chi connectivity index (χ0) is 46.9. The lowest BCUT2D eigenvalue weighted by Gasteiger charge is -2.49. The third-order valence-corrected chi connectivity index (χ3v) is 14.9. The first kappa shape index (κ1) is 45.5. The molecule has 1 N–H and O–H groups in total. The Morgan fingerprint density at radius 1 is 0.909 bits per heavy atom. The molecule has 0 radical (unpaired) electrons. The first-order valence-corrected chi connectivity index (χ1v) is 24.2. The number of pyridine rings is 1. The number of aryl methyl sites for hydroxylation is 2. The Hall–Kier alpha value is -5.68. The predicted molar refractivity (Wildman–Crippen MR) is 252 cm³/mol. The fraction of sp³-hybridized carbons (Fsp3) is 0.440. The van der Waals surface area contributed by atoms with Crippen LogP contribution in [0.3, 0.4) is 0 Å². The van der Waals surface area contributed by atoms with Crippen LogP contribution in [0.25, 0.3) is 32.9 Å². The second-order valence-corrected chi connectivity index (χ2v) is 21.1. The number of benzene rings is 3. The van der Waals surface area contributed by atoms with Crippen LogP contribution in [0.1, 0.15) is 77.1 Å². The van der Waals surface area contributed by atoms with Crippen molar-refractivity contribution in [3.05, 3.63) is 118 Å². The molecule has 9 rings (SSSR count). The monoisotopic (exact) mass is 919 g/mol. The molecular weight excluding hydrogens is 862 g/mol. The molecule has 348 valence electrons. The number of carbonyl (C=O) groups is 1. The summed E-state index contributed by atoms with van der Waals surface area (Å²) in [6, 6.07) is 20.2. The fourth-order valence-electron chi connectivity index (χ4n) is 9.63. The van der Waals surface area contributed by atoms with E-state index in [1.54, 1.807) is 43.6 Å². The third kappa shape index (κ3) is 8.48. The summed E-state index contributed by atoms with van der Waals surface area (Å²) in [5.41, 5.74) is 0.825. The van der Waals surface area contributed by atoms with Crippen LogP contribution >= 0.6 is 0 Å². The number of anilines is 1. The van der Waals surface area contributed by atoms with Gasteiger partial charge in [-0.3, -0.25) is 9.69 Å². The van der Waals surface area contributed by atoms with Crippen molar-refractivity contribution >= 4 is 43.9 Å². The molecule has 3 aliphatic rings. The molecule has 3 fully saturated rings. The van der Waals surface area contributed by atoms with Crippen LogP contribution in [-0.4, -0.2) is 111 Å². The Balaban J connectivity index is 1.11. The Labute approximate surface area is 384 Å². The Morgan fingerprint density at radius 2 is 1.64 bits per heavy atom. The summed E-state index contributed by atoms with van der Waals surface area (Å²) in [6.07, 6.45) is 5.81. The van der Waals surface area contributed by atoms with E-state index in [4.69, 9.17) is 19.4 Å². The first-order chi connectivity index (χ1) is 31.4. The lowest BCUT2D eigenvalue weighted by molar-refractivity contribution is -0.0673. The summed E-state index contributed by atoms with van der Waals surface area (Å²) in [7, 11) is -2.56. The number of halogens is 1. The van der Waals surface area contributed by atoms with Crippen molar-refractivity contribution in [3.8, 4) is 11.1 Å². The number of aliphatic hydroxyl groups excluding tert-OH is 1. The molecule has 0 spiro atoms. The van der Waals surface area contributed by atoms with E-state index < -0.39 is 39.2 Å². The van der Waals surface area contributed by atoms with Crippen molar-refractivity contribution in [2.75, 3.05) is 37.7 Å². The zero-order valence-corrected chi connectivity index (χ0v) is 39.4. The molecule has 14 nitrogen and oxygen atoms in total. The highest BCUT2D eigenvalue weighted by Gasteiger charge is 2.45. The molecule has 16 heteroatoms. The van der Waals surface area contributed by atoms with Crippen LogP contribution in [0, 0.1) is 12.7 Å². The van der Waals surface area contributed by atoms with Gasteiger partial charge in [-0.05, 0) is 121 Å². The number of hydrogen-bond acceptors (Lipinski definition) is 11. The highest BCUT2D eigenvalue weighted by molar-refractivity contribution is 7.90. The number of hydrogen-bond donors (Lipinski definition) is 1. The number of piperidine rings is 1. The lowest BCUT2D eigenvalue weighted by atomic mass is 9.87. The van der Waals surface area contributed by atoms with E-state index in [0.717, 1.165) is 41.8 Å². The number of amides is 1. The van der Waals surface area contributed by atoms with Crippen molar-refractivity contribution < 1.29 is 32.2 Å². The number of fused-ring (bicyclic) bond motifs is 2. The van der Waals surface area contributed by atoms with Crippen LogP contribution in [0.5, 0.6) is 0 Å². The van der Waals surface area contributed by atoms with E-state index >= 15 is 4.39 Å². The fourth-order valence-corrected chi connectivity index (χ4v) is 11.0. The number of nitrogens with zero attached hydrogens (tertiary/aromatic N) is 7. The van der Waals surface area contributed by atoms with Gasteiger partial charge in [0.15, 0.2) is 5.60 Å². The van der Waals surface area contributed by atoms with Crippen molar-refractivity contribution in [3.63, 3.8) is 0 Å². The van der Waals surface area contributed by atoms with E-state index in [1.807, 2.05) is 50.8 Å². The van der Waals surface area contributed by atoms with Crippen LogP contribution in [-0.2, 0) is 32.1 Å². The van der Waals surface area contributed by atoms with Gasteiger partial charge in [0.05, 0.1) is 28.8 Å².